The molecule has 108 valence electrons. The van der Waals surface area contributed by atoms with Crippen LogP contribution in [-0.2, 0) is 4.74 Å². The fourth-order valence-electron chi connectivity index (χ4n) is 1.89. The zero-order valence-corrected chi connectivity index (χ0v) is 11.6. The zero-order valence-electron chi connectivity index (χ0n) is 11.6. The highest BCUT2D eigenvalue weighted by atomic mass is 19.1. The molecule has 0 bridgehead atoms. The number of carbonyl (C=O) groups is 2. The van der Waals surface area contributed by atoms with Crippen molar-refractivity contribution >= 4 is 17.6 Å². The van der Waals surface area contributed by atoms with Crippen LogP contribution in [-0.4, -0.2) is 19.0 Å². The van der Waals surface area contributed by atoms with Gasteiger partial charge in [0.1, 0.15) is 5.82 Å². The molecule has 0 aliphatic carbocycles. The number of halogens is 1. The molecular weight excluding hydrogens is 273 g/mol. The van der Waals surface area contributed by atoms with Crippen LogP contribution in [0.1, 0.15) is 26.3 Å². The van der Waals surface area contributed by atoms with E-state index in [2.05, 4.69) is 10.1 Å². The van der Waals surface area contributed by atoms with E-state index in [9.17, 15) is 14.0 Å². The van der Waals surface area contributed by atoms with E-state index < -0.39 is 5.97 Å². The van der Waals surface area contributed by atoms with Crippen LogP contribution in [0.25, 0.3) is 0 Å². The summed E-state index contributed by atoms with van der Waals surface area (Å²) in [7, 11) is 1.30. The van der Waals surface area contributed by atoms with Gasteiger partial charge in [0.2, 0.25) is 0 Å². The molecule has 1 N–H and O–H groups in total. The predicted octanol–water partition coefficient (Wildman–Crippen LogP) is 3.17. The van der Waals surface area contributed by atoms with Crippen LogP contribution < -0.4 is 5.32 Å². The largest absolute Gasteiger partial charge is 0.465 e. The molecule has 0 aliphatic rings. The van der Waals surface area contributed by atoms with E-state index in [4.69, 9.17) is 0 Å². The van der Waals surface area contributed by atoms with E-state index >= 15 is 0 Å². The second-order valence-corrected chi connectivity index (χ2v) is 4.48. The Labute approximate surface area is 121 Å². The number of carbonyl (C=O) groups excluding carboxylic acids is 2. The molecule has 0 spiro atoms. The van der Waals surface area contributed by atoms with Gasteiger partial charge in [0.15, 0.2) is 0 Å². The van der Waals surface area contributed by atoms with E-state index in [0.29, 0.717) is 22.4 Å². The SMILES string of the molecule is COC(=O)c1ccc(NC(=O)c2ccc(F)cc2C)cc1. The van der Waals surface area contributed by atoms with Crippen molar-refractivity contribution in [1.29, 1.82) is 0 Å². The van der Waals surface area contributed by atoms with Crippen LogP contribution in [0.2, 0.25) is 0 Å². The molecule has 0 saturated heterocycles. The first kappa shape index (κ1) is 14.7. The highest BCUT2D eigenvalue weighted by Gasteiger charge is 2.11. The van der Waals surface area contributed by atoms with Gasteiger partial charge in [-0.1, -0.05) is 0 Å². The Hall–Kier alpha value is -2.69. The van der Waals surface area contributed by atoms with E-state index in [-0.39, 0.29) is 11.7 Å². The van der Waals surface area contributed by atoms with Crippen LogP contribution in [0, 0.1) is 12.7 Å². The molecule has 0 aliphatic heterocycles. The van der Waals surface area contributed by atoms with Crippen molar-refractivity contribution in [3.05, 3.63) is 65.0 Å². The maximum atomic E-state index is 13.0. The number of hydrogen-bond donors (Lipinski definition) is 1. The molecule has 2 aromatic carbocycles. The average molecular weight is 287 g/mol. The summed E-state index contributed by atoms with van der Waals surface area (Å²) >= 11 is 0. The summed E-state index contributed by atoms with van der Waals surface area (Å²) in [5, 5.41) is 2.69. The van der Waals surface area contributed by atoms with E-state index in [1.165, 1.54) is 25.3 Å². The van der Waals surface area contributed by atoms with Crippen LogP contribution in [0.15, 0.2) is 42.5 Å². The van der Waals surface area contributed by atoms with Gasteiger partial charge in [0, 0.05) is 11.3 Å². The van der Waals surface area contributed by atoms with Crippen LogP contribution in [0.3, 0.4) is 0 Å². The van der Waals surface area contributed by atoms with Gasteiger partial charge in [-0.25, -0.2) is 9.18 Å². The van der Waals surface area contributed by atoms with E-state index in [1.807, 2.05) is 0 Å². The summed E-state index contributed by atoms with van der Waals surface area (Å²) in [5.41, 5.74) is 1.89. The summed E-state index contributed by atoms with van der Waals surface area (Å²) < 4.78 is 17.6. The van der Waals surface area contributed by atoms with Crippen molar-refractivity contribution in [3.8, 4) is 0 Å². The molecule has 0 radical (unpaired) electrons. The third-order valence-electron chi connectivity index (χ3n) is 3.00. The number of rotatable bonds is 3. The predicted molar refractivity (Wildman–Crippen MR) is 76.9 cm³/mol. The third-order valence-corrected chi connectivity index (χ3v) is 3.00. The maximum Gasteiger partial charge on any atom is 0.337 e. The van der Waals surface area contributed by atoms with Gasteiger partial charge in [-0.2, -0.15) is 0 Å². The number of hydrogen-bond acceptors (Lipinski definition) is 3. The van der Waals surface area contributed by atoms with Crippen molar-refractivity contribution in [2.75, 3.05) is 12.4 Å². The second-order valence-electron chi connectivity index (χ2n) is 4.48. The maximum absolute atomic E-state index is 13.0. The third kappa shape index (κ3) is 3.45. The number of benzene rings is 2. The molecule has 4 nitrogen and oxygen atoms in total. The summed E-state index contributed by atoms with van der Waals surface area (Å²) in [5.74, 6) is -1.16. The number of anilines is 1. The lowest BCUT2D eigenvalue weighted by Gasteiger charge is -2.08. The Kier molecular flexibility index (Phi) is 4.33. The number of aryl methyl sites for hydroxylation is 1. The fourth-order valence-corrected chi connectivity index (χ4v) is 1.89. The second kappa shape index (κ2) is 6.17. The Morgan fingerprint density at radius 3 is 2.33 bits per heavy atom. The Bertz CT molecular complexity index is 680. The average Bonchev–Trinajstić information content (AvgIpc) is 2.47. The van der Waals surface area contributed by atoms with Crippen molar-refractivity contribution in [1.82, 2.24) is 0 Å². The minimum Gasteiger partial charge on any atom is -0.465 e. The highest BCUT2D eigenvalue weighted by Crippen LogP contribution is 2.15. The summed E-state index contributed by atoms with van der Waals surface area (Å²) in [6.45, 7) is 1.67. The lowest BCUT2D eigenvalue weighted by molar-refractivity contribution is 0.0600. The quantitative estimate of drug-likeness (QED) is 0.882. The van der Waals surface area contributed by atoms with Gasteiger partial charge >= 0.3 is 5.97 Å². The fraction of sp³-hybridized carbons (Fsp3) is 0.125. The first-order valence-electron chi connectivity index (χ1n) is 6.27. The molecule has 0 aromatic heterocycles. The number of esters is 1. The minimum atomic E-state index is -0.442. The van der Waals surface area contributed by atoms with Crippen molar-refractivity contribution in [2.45, 2.75) is 6.92 Å². The highest BCUT2D eigenvalue weighted by molar-refractivity contribution is 6.05. The number of nitrogens with one attached hydrogen (secondary N) is 1. The molecule has 2 rings (SSSR count). The zero-order chi connectivity index (χ0) is 15.4. The van der Waals surface area contributed by atoms with Crippen molar-refractivity contribution in [2.24, 2.45) is 0 Å². The van der Waals surface area contributed by atoms with Crippen molar-refractivity contribution < 1.29 is 18.7 Å². The van der Waals surface area contributed by atoms with Gasteiger partial charge in [0.05, 0.1) is 12.7 Å². The van der Waals surface area contributed by atoms with Gasteiger partial charge in [-0.05, 0) is 55.0 Å². The monoisotopic (exact) mass is 287 g/mol. The molecule has 0 unspecified atom stereocenters. The molecule has 0 heterocycles. The number of methoxy groups -OCH3 is 1. The molecule has 0 saturated carbocycles. The first-order valence-corrected chi connectivity index (χ1v) is 6.27. The smallest absolute Gasteiger partial charge is 0.337 e. The number of amides is 1. The number of ether oxygens (including phenoxy) is 1. The van der Waals surface area contributed by atoms with Crippen molar-refractivity contribution in [3.63, 3.8) is 0 Å². The Balaban J connectivity index is 2.14. The van der Waals surface area contributed by atoms with Crippen LogP contribution >= 0.6 is 0 Å². The van der Waals surface area contributed by atoms with Gasteiger partial charge in [-0.3, -0.25) is 4.79 Å². The lowest BCUT2D eigenvalue weighted by atomic mass is 10.1. The standard InChI is InChI=1S/C16H14FNO3/c1-10-9-12(17)5-8-14(10)15(19)18-13-6-3-11(4-7-13)16(20)21-2/h3-9H,1-2H3,(H,18,19). The minimum absolute atomic E-state index is 0.335. The first-order chi connectivity index (χ1) is 10.0. The van der Waals surface area contributed by atoms with Crippen LogP contribution in [0.4, 0.5) is 10.1 Å². The van der Waals surface area contributed by atoms with Gasteiger partial charge < -0.3 is 10.1 Å². The Morgan fingerprint density at radius 1 is 1.10 bits per heavy atom. The normalized spacial score (nSPS) is 10.0. The molecular formula is C16H14FNO3. The summed E-state index contributed by atoms with van der Waals surface area (Å²) in [6, 6.07) is 10.3. The van der Waals surface area contributed by atoms with E-state index in [1.54, 1.807) is 31.2 Å². The topological polar surface area (TPSA) is 55.4 Å². The van der Waals surface area contributed by atoms with E-state index in [0.717, 1.165) is 0 Å². The molecule has 5 heteroatoms. The molecule has 0 atom stereocenters. The molecule has 21 heavy (non-hydrogen) atoms. The molecule has 2 aromatic rings. The molecule has 0 fully saturated rings. The van der Waals surface area contributed by atoms with Gasteiger partial charge in [0.25, 0.3) is 5.91 Å². The lowest BCUT2D eigenvalue weighted by Crippen LogP contribution is -2.13. The Morgan fingerprint density at radius 2 is 1.76 bits per heavy atom. The summed E-state index contributed by atoms with van der Waals surface area (Å²) in [4.78, 5) is 23.4. The molecule has 1 amide bonds. The summed E-state index contributed by atoms with van der Waals surface area (Å²) in [6.07, 6.45) is 0. The van der Waals surface area contributed by atoms with Gasteiger partial charge in [-0.15, -0.1) is 0 Å². The van der Waals surface area contributed by atoms with Crippen LogP contribution in [0.5, 0.6) is 0 Å².